The van der Waals surface area contributed by atoms with Gasteiger partial charge in [0.25, 0.3) is 0 Å². The zero-order chi connectivity index (χ0) is 18.5. The van der Waals surface area contributed by atoms with Crippen molar-refractivity contribution >= 4 is 10.9 Å². The van der Waals surface area contributed by atoms with Crippen molar-refractivity contribution in [1.82, 2.24) is 4.98 Å². The number of pyridine rings is 1. The van der Waals surface area contributed by atoms with Crippen molar-refractivity contribution in [2.24, 2.45) is 0 Å². The summed E-state index contributed by atoms with van der Waals surface area (Å²) in [5, 5.41) is 10.4. The summed E-state index contributed by atoms with van der Waals surface area (Å²) < 4.78 is 0. The number of fused-ring (bicyclic) bond motifs is 1. The van der Waals surface area contributed by atoms with Crippen molar-refractivity contribution in [1.29, 1.82) is 0 Å². The van der Waals surface area contributed by atoms with Crippen molar-refractivity contribution in [3.8, 4) is 24.2 Å². The summed E-state index contributed by atoms with van der Waals surface area (Å²) in [6.07, 6.45) is 16.0. The van der Waals surface area contributed by atoms with Crippen LogP contribution >= 0.6 is 0 Å². The SMILES string of the molecule is C#CC(O)CCCCCCCCCCC#Cc1ccc2ccccc2n1. The monoisotopic (exact) mass is 347 g/mol. The van der Waals surface area contributed by atoms with E-state index in [0.717, 1.165) is 42.3 Å². The summed E-state index contributed by atoms with van der Waals surface area (Å²) >= 11 is 0. The van der Waals surface area contributed by atoms with Crippen LogP contribution in [0.15, 0.2) is 36.4 Å². The van der Waals surface area contributed by atoms with E-state index in [1.54, 1.807) is 0 Å². The maximum atomic E-state index is 9.27. The number of aliphatic hydroxyl groups excluding tert-OH is 1. The molecule has 0 aliphatic rings. The number of hydrogen-bond acceptors (Lipinski definition) is 2. The Morgan fingerprint density at radius 3 is 2.35 bits per heavy atom. The molecule has 136 valence electrons. The molecule has 26 heavy (non-hydrogen) atoms. The third kappa shape index (κ3) is 7.73. The summed E-state index contributed by atoms with van der Waals surface area (Å²) in [5.41, 5.74) is 1.87. The van der Waals surface area contributed by atoms with Gasteiger partial charge < -0.3 is 5.11 Å². The van der Waals surface area contributed by atoms with Crippen LogP contribution in [0.25, 0.3) is 10.9 Å². The number of aliphatic hydroxyl groups is 1. The van der Waals surface area contributed by atoms with E-state index < -0.39 is 6.10 Å². The molecule has 0 bridgehead atoms. The van der Waals surface area contributed by atoms with Crippen LogP contribution in [0.1, 0.15) is 69.9 Å². The first-order valence-corrected chi connectivity index (χ1v) is 9.78. The van der Waals surface area contributed by atoms with Crippen molar-refractivity contribution in [3.63, 3.8) is 0 Å². The number of aromatic nitrogens is 1. The fraction of sp³-hybridized carbons (Fsp3) is 0.458. The normalized spacial score (nSPS) is 11.5. The first-order valence-electron chi connectivity index (χ1n) is 9.78. The van der Waals surface area contributed by atoms with E-state index in [0.29, 0.717) is 0 Å². The lowest BCUT2D eigenvalue weighted by atomic mass is 10.1. The van der Waals surface area contributed by atoms with Crippen LogP contribution in [0.3, 0.4) is 0 Å². The molecular weight excluding hydrogens is 318 g/mol. The van der Waals surface area contributed by atoms with Crippen LogP contribution in [-0.2, 0) is 0 Å². The number of terminal acetylenes is 1. The summed E-state index contributed by atoms with van der Waals surface area (Å²) in [4.78, 5) is 4.57. The van der Waals surface area contributed by atoms with Gasteiger partial charge >= 0.3 is 0 Å². The largest absolute Gasteiger partial charge is 0.380 e. The standard InChI is InChI=1S/C24H29NO/c1-2-23(26)17-12-10-8-6-4-3-5-7-9-11-16-22-20-19-21-15-13-14-18-24(21)25-22/h1,13-15,18-20,23,26H,3-10,12,17H2. The molecule has 0 aliphatic carbocycles. The van der Waals surface area contributed by atoms with Gasteiger partial charge in [0.05, 0.1) is 5.52 Å². The van der Waals surface area contributed by atoms with Crippen LogP contribution in [0.5, 0.6) is 0 Å². The van der Waals surface area contributed by atoms with E-state index in [9.17, 15) is 5.11 Å². The predicted octanol–water partition coefficient (Wildman–Crippen LogP) is 5.48. The Morgan fingerprint density at radius 2 is 1.58 bits per heavy atom. The molecular formula is C24H29NO. The van der Waals surface area contributed by atoms with Crippen LogP contribution in [0.4, 0.5) is 0 Å². The maximum Gasteiger partial charge on any atom is 0.114 e. The second-order valence-electron chi connectivity index (χ2n) is 6.74. The van der Waals surface area contributed by atoms with Crippen molar-refractivity contribution in [3.05, 3.63) is 42.1 Å². The highest BCUT2D eigenvalue weighted by atomic mass is 16.3. The summed E-state index contributed by atoms with van der Waals surface area (Å²) in [5.74, 6) is 8.79. The van der Waals surface area contributed by atoms with Gasteiger partial charge in [-0.2, -0.15) is 0 Å². The summed E-state index contributed by atoms with van der Waals surface area (Å²) in [6, 6.07) is 12.2. The van der Waals surface area contributed by atoms with Crippen molar-refractivity contribution < 1.29 is 5.11 Å². The van der Waals surface area contributed by atoms with Gasteiger partial charge in [0.2, 0.25) is 0 Å². The molecule has 2 rings (SSSR count). The highest BCUT2D eigenvalue weighted by molar-refractivity contribution is 5.78. The van der Waals surface area contributed by atoms with Gasteiger partial charge in [0, 0.05) is 11.8 Å². The van der Waals surface area contributed by atoms with E-state index in [-0.39, 0.29) is 0 Å². The molecule has 1 N–H and O–H groups in total. The average Bonchev–Trinajstić information content (AvgIpc) is 2.68. The zero-order valence-electron chi connectivity index (χ0n) is 15.6. The first kappa shape index (κ1) is 20.0. The minimum Gasteiger partial charge on any atom is -0.380 e. The van der Waals surface area contributed by atoms with Crippen LogP contribution in [-0.4, -0.2) is 16.2 Å². The lowest BCUT2D eigenvalue weighted by molar-refractivity contribution is 0.217. The van der Waals surface area contributed by atoms with Gasteiger partial charge in [-0.3, -0.25) is 0 Å². The van der Waals surface area contributed by atoms with E-state index in [1.165, 1.54) is 38.5 Å². The molecule has 0 saturated carbocycles. The Morgan fingerprint density at radius 1 is 0.885 bits per heavy atom. The smallest absolute Gasteiger partial charge is 0.114 e. The molecule has 1 aromatic heterocycles. The Balaban J connectivity index is 1.50. The van der Waals surface area contributed by atoms with Gasteiger partial charge in [-0.25, -0.2) is 4.98 Å². The molecule has 0 aliphatic heterocycles. The van der Waals surface area contributed by atoms with Gasteiger partial charge in [0.15, 0.2) is 0 Å². The molecule has 0 spiro atoms. The Kier molecular flexibility index (Phi) is 9.34. The molecule has 0 amide bonds. The lowest BCUT2D eigenvalue weighted by Crippen LogP contribution is -2.01. The van der Waals surface area contributed by atoms with E-state index in [2.05, 4.69) is 34.9 Å². The molecule has 1 aromatic carbocycles. The van der Waals surface area contributed by atoms with Gasteiger partial charge in [-0.05, 0) is 37.3 Å². The molecule has 0 fully saturated rings. The molecule has 2 heteroatoms. The molecule has 2 nitrogen and oxygen atoms in total. The highest BCUT2D eigenvalue weighted by Gasteiger charge is 1.98. The van der Waals surface area contributed by atoms with Crippen molar-refractivity contribution in [2.75, 3.05) is 0 Å². The molecule has 1 unspecified atom stereocenters. The lowest BCUT2D eigenvalue weighted by Gasteiger charge is -2.03. The van der Waals surface area contributed by atoms with Crippen LogP contribution < -0.4 is 0 Å². The topological polar surface area (TPSA) is 33.1 Å². The molecule has 2 aromatic rings. The number of rotatable bonds is 10. The third-order valence-corrected chi connectivity index (χ3v) is 4.54. The fourth-order valence-electron chi connectivity index (χ4n) is 2.98. The zero-order valence-corrected chi connectivity index (χ0v) is 15.6. The Hall–Kier alpha value is -2.29. The molecule has 0 saturated heterocycles. The first-order chi connectivity index (χ1) is 12.8. The second kappa shape index (κ2) is 12.1. The van der Waals surface area contributed by atoms with Crippen LogP contribution in [0.2, 0.25) is 0 Å². The fourth-order valence-corrected chi connectivity index (χ4v) is 2.98. The number of unbranched alkanes of at least 4 members (excludes halogenated alkanes) is 8. The summed E-state index contributed by atoms with van der Waals surface area (Å²) in [7, 11) is 0. The second-order valence-corrected chi connectivity index (χ2v) is 6.74. The highest BCUT2D eigenvalue weighted by Crippen LogP contribution is 2.12. The average molecular weight is 348 g/mol. The number of hydrogen-bond donors (Lipinski definition) is 1. The number of benzene rings is 1. The van der Waals surface area contributed by atoms with E-state index >= 15 is 0 Å². The van der Waals surface area contributed by atoms with E-state index in [4.69, 9.17) is 6.42 Å². The quantitative estimate of drug-likeness (QED) is 0.456. The minimum atomic E-state index is -0.555. The van der Waals surface area contributed by atoms with Gasteiger partial charge in [-0.15, -0.1) is 6.42 Å². The third-order valence-electron chi connectivity index (χ3n) is 4.54. The number of nitrogens with zero attached hydrogens (tertiary/aromatic N) is 1. The Bertz CT molecular complexity index is 763. The van der Waals surface area contributed by atoms with Gasteiger partial charge in [0.1, 0.15) is 11.8 Å². The van der Waals surface area contributed by atoms with Crippen molar-refractivity contribution in [2.45, 2.75) is 70.3 Å². The molecule has 0 radical (unpaired) electrons. The van der Waals surface area contributed by atoms with Crippen LogP contribution in [0, 0.1) is 24.2 Å². The Labute approximate surface area is 158 Å². The van der Waals surface area contributed by atoms with Gasteiger partial charge in [-0.1, -0.05) is 74.6 Å². The molecule has 1 heterocycles. The number of para-hydroxylation sites is 1. The summed E-state index contributed by atoms with van der Waals surface area (Å²) in [6.45, 7) is 0. The predicted molar refractivity (Wildman–Crippen MR) is 110 cm³/mol. The minimum absolute atomic E-state index is 0.555. The molecule has 1 atom stereocenters. The van der Waals surface area contributed by atoms with E-state index in [1.807, 2.05) is 24.3 Å². The maximum absolute atomic E-state index is 9.27.